The molecule has 1 aliphatic rings. The highest BCUT2D eigenvalue weighted by atomic mass is 19.4. The Balaban J connectivity index is 2.27. The molecule has 2 rings (SSSR count). The molecular formula is C9H8F3NO3. The zero-order chi connectivity index (χ0) is 11.9. The van der Waals surface area contributed by atoms with Gasteiger partial charge in [-0.1, -0.05) is 0 Å². The molecule has 0 spiro atoms. The molecule has 0 atom stereocenters. The second-order valence-electron chi connectivity index (χ2n) is 3.69. The van der Waals surface area contributed by atoms with Crippen molar-refractivity contribution in [3.05, 3.63) is 17.3 Å². The largest absolute Gasteiger partial charge is 0.475 e. The number of aromatic nitrogens is 1. The summed E-state index contributed by atoms with van der Waals surface area (Å²) in [6.45, 7) is 0. The van der Waals surface area contributed by atoms with E-state index in [0.717, 1.165) is 12.8 Å². The normalized spacial score (nSPS) is 16.4. The highest BCUT2D eigenvalue weighted by molar-refractivity contribution is 5.85. The summed E-state index contributed by atoms with van der Waals surface area (Å²) >= 11 is 0. The van der Waals surface area contributed by atoms with Crippen molar-refractivity contribution in [1.29, 1.82) is 0 Å². The van der Waals surface area contributed by atoms with Gasteiger partial charge in [-0.15, -0.1) is 0 Å². The van der Waals surface area contributed by atoms with Crippen LogP contribution in [0.15, 0.2) is 4.42 Å². The third kappa shape index (κ3) is 2.34. The Morgan fingerprint density at radius 3 is 2.56 bits per heavy atom. The maximum Gasteiger partial charge on any atom is 0.397 e. The zero-order valence-electron chi connectivity index (χ0n) is 8.04. The molecule has 4 nitrogen and oxygen atoms in total. The molecule has 0 aliphatic heterocycles. The summed E-state index contributed by atoms with van der Waals surface area (Å²) < 4.78 is 40.8. The molecule has 0 amide bonds. The van der Waals surface area contributed by atoms with Crippen molar-refractivity contribution in [2.24, 2.45) is 0 Å². The second-order valence-corrected chi connectivity index (χ2v) is 3.69. The Labute approximate surface area is 88.1 Å². The van der Waals surface area contributed by atoms with Crippen molar-refractivity contribution >= 4 is 5.97 Å². The lowest BCUT2D eigenvalue weighted by molar-refractivity contribution is -0.130. The standard InChI is InChI=1S/C9H8F3NO3/c10-9(11,12)3-5-13-6(4-1-2-4)7(16-5)8(14)15/h4H,1-3H2,(H,14,15). The summed E-state index contributed by atoms with van der Waals surface area (Å²) in [7, 11) is 0. The molecule has 0 saturated heterocycles. The highest BCUT2D eigenvalue weighted by Gasteiger charge is 2.36. The quantitative estimate of drug-likeness (QED) is 0.873. The summed E-state index contributed by atoms with van der Waals surface area (Å²) in [5.74, 6) is -2.46. The lowest BCUT2D eigenvalue weighted by Crippen LogP contribution is -2.11. The SMILES string of the molecule is O=C(O)c1oc(CC(F)(F)F)nc1C1CC1. The first kappa shape index (κ1) is 11.0. The van der Waals surface area contributed by atoms with E-state index in [1.54, 1.807) is 0 Å². The van der Waals surface area contributed by atoms with Gasteiger partial charge in [-0.05, 0) is 12.8 Å². The predicted octanol–water partition coefficient (Wildman–Crippen LogP) is 2.36. The first-order valence-corrected chi connectivity index (χ1v) is 4.66. The van der Waals surface area contributed by atoms with Crippen LogP contribution < -0.4 is 0 Å². The van der Waals surface area contributed by atoms with Crippen LogP contribution in [0.25, 0.3) is 0 Å². The molecule has 1 aliphatic carbocycles. The third-order valence-corrected chi connectivity index (χ3v) is 2.21. The fourth-order valence-corrected chi connectivity index (χ4v) is 1.41. The lowest BCUT2D eigenvalue weighted by atomic mass is 10.2. The Morgan fingerprint density at radius 2 is 2.12 bits per heavy atom. The number of aromatic carboxylic acids is 1. The highest BCUT2D eigenvalue weighted by Crippen LogP contribution is 2.41. The summed E-state index contributed by atoms with van der Waals surface area (Å²) in [6, 6.07) is 0. The molecule has 0 unspecified atom stereocenters. The summed E-state index contributed by atoms with van der Waals surface area (Å²) in [5, 5.41) is 8.74. The minimum atomic E-state index is -4.44. The van der Waals surface area contributed by atoms with Crippen LogP contribution in [0.4, 0.5) is 13.2 Å². The van der Waals surface area contributed by atoms with Gasteiger partial charge in [0.2, 0.25) is 11.7 Å². The van der Waals surface area contributed by atoms with E-state index in [0.29, 0.717) is 0 Å². The molecular weight excluding hydrogens is 227 g/mol. The molecule has 0 aromatic carbocycles. The van der Waals surface area contributed by atoms with Crippen molar-refractivity contribution in [2.75, 3.05) is 0 Å². The molecule has 1 saturated carbocycles. The van der Waals surface area contributed by atoms with Gasteiger partial charge in [0.15, 0.2) is 0 Å². The molecule has 1 aromatic heterocycles. The number of alkyl halides is 3. The van der Waals surface area contributed by atoms with Crippen molar-refractivity contribution in [1.82, 2.24) is 4.98 Å². The topological polar surface area (TPSA) is 63.3 Å². The minimum absolute atomic E-state index is 0.0585. The number of nitrogens with zero attached hydrogens (tertiary/aromatic N) is 1. The summed E-state index contributed by atoms with van der Waals surface area (Å²) in [6.07, 6.45) is -4.28. The Hall–Kier alpha value is -1.53. The van der Waals surface area contributed by atoms with E-state index in [1.165, 1.54) is 0 Å². The van der Waals surface area contributed by atoms with Crippen molar-refractivity contribution in [2.45, 2.75) is 31.4 Å². The van der Waals surface area contributed by atoms with Crippen LogP contribution in [0.1, 0.15) is 40.9 Å². The van der Waals surface area contributed by atoms with Crippen LogP contribution in [0.5, 0.6) is 0 Å². The van der Waals surface area contributed by atoms with Crippen molar-refractivity contribution < 1.29 is 27.5 Å². The molecule has 0 bridgehead atoms. The number of rotatable bonds is 3. The van der Waals surface area contributed by atoms with Gasteiger partial charge < -0.3 is 9.52 Å². The van der Waals surface area contributed by atoms with Crippen molar-refractivity contribution in [3.63, 3.8) is 0 Å². The van der Waals surface area contributed by atoms with E-state index in [4.69, 9.17) is 5.11 Å². The van der Waals surface area contributed by atoms with Crippen LogP contribution in [0.3, 0.4) is 0 Å². The van der Waals surface area contributed by atoms with E-state index < -0.39 is 30.2 Å². The predicted molar refractivity (Wildman–Crippen MR) is 45.2 cm³/mol. The van der Waals surface area contributed by atoms with Crippen LogP contribution in [-0.4, -0.2) is 22.2 Å². The molecule has 7 heteroatoms. The number of carboxylic acid groups (broad SMARTS) is 1. The number of hydrogen-bond acceptors (Lipinski definition) is 3. The molecule has 1 heterocycles. The van der Waals surface area contributed by atoms with Gasteiger partial charge in [0, 0.05) is 5.92 Å². The summed E-state index contributed by atoms with van der Waals surface area (Å²) in [5.41, 5.74) is 0.145. The number of carbonyl (C=O) groups is 1. The van der Waals surface area contributed by atoms with Gasteiger partial charge in [-0.2, -0.15) is 13.2 Å². The second kappa shape index (κ2) is 3.50. The van der Waals surface area contributed by atoms with Gasteiger partial charge in [0.05, 0.1) is 5.69 Å². The molecule has 1 aromatic rings. The zero-order valence-corrected chi connectivity index (χ0v) is 8.04. The molecule has 16 heavy (non-hydrogen) atoms. The minimum Gasteiger partial charge on any atom is -0.475 e. The Kier molecular flexibility index (Phi) is 2.40. The van der Waals surface area contributed by atoms with E-state index >= 15 is 0 Å². The van der Waals surface area contributed by atoms with Gasteiger partial charge in [0.1, 0.15) is 6.42 Å². The van der Waals surface area contributed by atoms with Gasteiger partial charge in [-0.3, -0.25) is 0 Å². The number of oxazole rings is 1. The molecule has 0 radical (unpaired) electrons. The number of hydrogen-bond donors (Lipinski definition) is 1. The van der Waals surface area contributed by atoms with E-state index in [-0.39, 0.29) is 11.6 Å². The van der Waals surface area contributed by atoms with Crippen molar-refractivity contribution in [3.8, 4) is 0 Å². The molecule has 1 N–H and O–H groups in total. The van der Waals surface area contributed by atoms with E-state index in [2.05, 4.69) is 9.40 Å². The maximum atomic E-state index is 12.1. The Bertz CT molecular complexity index is 420. The fourth-order valence-electron chi connectivity index (χ4n) is 1.41. The van der Waals surface area contributed by atoms with E-state index in [9.17, 15) is 18.0 Å². The monoisotopic (exact) mass is 235 g/mol. The average molecular weight is 235 g/mol. The fraction of sp³-hybridized carbons (Fsp3) is 0.556. The van der Waals surface area contributed by atoms with Gasteiger partial charge >= 0.3 is 12.1 Å². The number of halogens is 3. The van der Waals surface area contributed by atoms with Crippen LogP contribution in [0, 0.1) is 0 Å². The molecule has 88 valence electrons. The van der Waals surface area contributed by atoms with Crippen LogP contribution in [-0.2, 0) is 6.42 Å². The third-order valence-electron chi connectivity index (χ3n) is 2.21. The average Bonchev–Trinajstić information content (AvgIpc) is 2.86. The van der Waals surface area contributed by atoms with Gasteiger partial charge in [0.25, 0.3) is 0 Å². The first-order chi connectivity index (χ1) is 7.37. The lowest BCUT2D eigenvalue weighted by Gasteiger charge is -2.00. The van der Waals surface area contributed by atoms with Crippen LogP contribution in [0.2, 0.25) is 0 Å². The van der Waals surface area contributed by atoms with E-state index in [1.807, 2.05) is 0 Å². The smallest absolute Gasteiger partial charge is 0.397 e. The summed E-state index contributed by atoms with van der Waals surface area (Å²) in [4.78, 5) is 14.3. The molecule has 1 fully saturated rings. The maximum absolute atomic E-state index is 12.1. The van der Waals surface area contributed by atoms with Crippen LogP contribution >= 0.6 is 0 Å². The Morgan fingerprint density at radius 1 is 1.50 bits per heavy atom. The first-order valence-electron chi connectivity index (χ1n) is 4.66. The number of carboxylic acids is 1. The van der Waals surface area contributed by atoms with Gasteiger partial charge in [-0.25, -0.2) is 9.78 Å².